The summed E-state index contributed by atoms with van der Waals surface area (Å²) in [6, 6.07) is 0. The number of ether oxygens (including phenoxy) is 1. The number of alkyl halides is 1. The standard InChI is InChI=1S/C12H18ClNO3/c1-2-17-12(16)8-10-6-4-3-5-7-14(10)11(15)9-13/h8H,2-7,9H2,1H3/b10-8+. The second-order valence-corrected chi connectivity index (χ2v) is 4.14. The first-order valence-corrected chi connectivity index (χ1v) is 6.46. The van der Waals surface area contributed by atoms with Crippen molar-refractivity contribution in [3.63, 3.8) is 0 Å². The number of allylic oxidation sites excluding steroid dienone is 1. The molecule has 1 heterocycles. The summed E-state index contributed by atoms with van der Waals surface area (Å²) in [6.45, 7) is 2.73. The molecule has 0 radical (unpaired) electrons. The summed E-state index contributed by atoms with van der Waals surface area (Å²) in [4.78, 5) is 24.7. The number of carbonyl (C=O) groups is 2. The zero-order valence-electron chi connectivity index (χ0n) is 10.1. The van der Waals surface area contributed by atoms with E-state index in [-0.39, 0.29) is 11.8 Å². The van der Waals surface area contributed by atoms with Crippen molar-refractivity contribution in [2.75, 3.05) is 19.0 Å². The lowest BCUT2D eigenvalue weighted by Crippen LogP contribution is -2.31. The molecule has 0 saturated carbocycles. The van der Waals surface area contributed by atoms with E-state index in [0.717, 1.165) is 31.4 Å². The minimum absolute atomic E-state index is 0.0554. The van der Waals surface area contributed by atoms with E-state index in [4.69, 9.17) is 16.3 Å². The minimum Gasteiger partial charge on any atom is -0.463 e. The van der Waals surface area contributed by atoms with Gasteiger partial charge in [0.25, 0.3) is 0 Å². The van der Waals surface area contributed by atoms with Crippen LogP contribution in [0.25, 0.3) is 0 Å². The summed E-state index contributed by atoms with van der Waals surface area (Å²) in [5.74, 6) is -0.596. The van der Waals surface area contributed by atoms with Crippen LogP contribution in [0.4, 0.5) is 0 Å². The first-order valence-electron chi connectivity index (χ1n) is 5.92. The van der Waals surface area contributed by atoms with Crippen LogP contribution >= 0.6 is 11.6 Å². The number of hydrogen-bond donors (Lipinski definition) is 0. The summed E-state index contributed by atoms with van der Waals surface area (Å²) in [6.07, 6.45) is 5.13. The van der Waals surface area contributed by atoms with Crippen LogP contribution < -0.4 is 0 Å². The van der Waals surface area contributed by atoms with E-state index < -0.39 is 5.97 Å². The highest BCUT2D eigenvalue weighted by Gasteiger charge is 2.20. The predicted octanol–water partition coefficient (Wildman–Crippen LogP) is 2.07. The van der Waals surface area contributed by atoms with Crippen LogP contribution in [0, 0.1) is 0 Å². The fraction of sp³-hybridized carbons (Fsp3) is 0.667. The SMILES string of the molecule is CCOC(=O)/C=C1\CCCCCN1C(=O)CCl. The van der Waals surface area contributed by atoms with Crippen LogP contribution in [0.15, 0.2) is 11.8 Å². The van der Waals surface area contributed by atoms with Crippen molar-refractivity contribution in [1.29, 1.82) is 0 Å². The third-order valence-corrected chi connectivity index (χ3v) is 2.88. The van der Waals surface area contributed by atoms with Crippen LogP contribution in [-0.2, 0) is 14.3 Å². The Morgan fingerprint density at radius 2 is 2.18 bits per heavy atom. The summed E-state index contributed by atoms with van der Waals surface area (Å²) < 4.78 is 4.86. The Balaban J connectivity index is 2.81. The topological polar surface area (TPSA) is 46.6 Å². The van der Waals surface area contributed by atoms with E-state index in [1.54, 1.807) is 11.8 Å². The summed E-state index contributed by atoms with van der Waals surface area (Å²) in [5, 5.41) is 0. The van der Waals surface area contributed by atoms with Gasteiger partial charge < -0.3 is 9.64 Å². The van der Waals surface area contributed by atoms with Crippen LogP contribution in [0.2, 0.25) is 0 Å². The number of halogens is 1. The van der Waals surface area contributed by atoms with E-state index in [1.165, 1.54) is 6.08 Å². The van der Waals surface area contributed by atoms with Gasteiger partial charge in [0.1, 0.15) is 5.88 Å². The van der Waals surface area contributed by atoms with Crippen molar-refractivity contribution in [2.24, 2.45) is 0 Å². The third-order valence-electron chi connectivity index (χ3n) is 2.65. The number of amides is 1. The van der Waals surface area contributed by atoms with Crippen molar-refractivity contribution in [3.8, 4) is 0 Å². The number of carbonyl (C=O) groups excluding carboxylic acids is 2. The molecule has 17 heavy (non-hydrogen) atoms. The molecule has 0 N–H and O–H groups in total. The molecule has 5 heteroatoms. The molecule has 0 bridgehead atoms. The molecule has 0 aliphatic carbocycles. The first kappa shape index (κ1) is 14.0. The third kappa shape index (κ3) is 4.38. The van der Waals surface area contributed by atoms with Crippen LogP contribution in [-0.4, -0.2) is 35.8 Å². The number of hydrogen-bond acceptors (Lipinski definition) is 3. The fourth-order valence-electron chi connectivity index (χ4n) is 1.86. The fourth-order valence-corrected chi connectivity index (χ4v) is 2.00. The molecule has 1 rings (SSSR count). The monoisotopic (exact) mass is 259 g/mol. The number of rotatable bonds is 3. The highest BCUT2D eigenvalue weighted by molar-refractivity contribution is 6.27. The highest BCUT2D eigenvalue weighted by Crippen LogP contribution is 2.20. The van der Waals surface area contributed by atoms with Gasteiger partial charge in [-0.25, -0.2) is 4.79 Å². The molecule has 0 aromatic heterocycles. The maximum atomic E-state index is 11.7. The maximum Gasteiger partial charge on any atom is 0.332 e. The highest BCUT2D eigenvalue weighted by atomic mass is 35.5. The molecule has 1 aliphatic rings. The molecule has 0 atom stereocenters. The number of likely N-dealkylation sites (tertiary alicyclic amines) is 1. The van der Waals surface area contributed by atoms with Gasteiger partial charge in [-0.15, -0.1) is 11.6 Å². The Hall–Kier alpha value is -1.03. The molecule has 4 nitrogen and oxygen atoms in total. The summed E-state index contributed by atoms with van der Waals surface area (Å²) in [7, 11) is 0. The second-order valence-electron chi connectivity index (χ2n) is 3.88. The Labute approximate surface area is 107 Å². The van der Waals surface area contributed by atoms with Crippen LogP contribution in [0.5, 0.6) is 0 Å². The van der Waals surface area contributed by atoms with E-state index >= 15 is 0 Å². The largest absolute Gasteiger partial charge is 0.463 e. The molecule has 1 amide bonds. The molecule has 1 aliphatic heterocycles. The van der Waals surface area contributed by atoms with Gasteiger partial charge in [0, 0.05) is 18.3 Å². The zero-order chi connectivity index (χ0) is 12.7. The molecule has 0 unspecified atom stereocenters. The molecule has 0 aromatic carbocycles. The first-order chi connectivity index (χ1) is 8.19. The zero-order valence-corrected chi connectivity index (χ0v) is 10.8. The molecule has 96 valence electrons. The summed E-state index contributed by atoms with van der Waals surface area (Å²) >= 11 is 5.57. The van der Waals surface area contributed by atoms with Gasteiger partial charge in [0.2, 0.25) is 5.91 Å². The number of esters is 1. The van der Waals surface area contributed by atoms with Crippen molar-refractivity contribution in [3.05, 3.63) is 11.8 Å². The van der Waals surface area contributed by atoms with Crippen LogP contribution in [0.1, 0.15) is 32.6 Å². The van der Waals surface area contributed by atoms with Gasteiger partial charge in [-0.2, -0.15) is 0 Å². The van der Waals surface area contributed by atoms with Crippen molar-refractivity contribution in [1.82, 2.24) is 4.90 Å². The Morgan fingerprint density at radius 1 is 1.41 bits per heavy atom. The van der Waals surface area contributed by atoms with Gasteiger partial charge >= 0.3 is 5.97 Å². The van der Waals surface area contributed by atoms with E-state index in [9.17, 15) is 9.59 Å². The Morgan fingerprint density at radius 3 is 2.82 bits per heavy atom. The lowest BCUT2D eigenvalue weighted by atomic mass is 10.2. The van der Waals surface area contributed by atoms with Crippen molar-refractivity contribution < 1.29 is 14.3 Å². The van der Waals surface area contributed by atoms with Gasteiger partial charge in [0.05, 0.1) is 6.61 Å². The average Bonchev–Trinajstić information content (AvgIpc) is 2.54. The second kappa shape index (κ2) is 7.33. The minimum atomic E-state index is -0.392. The lowest BCUT2D eigenvalue weighted by molar-refractivity contribution is -0.137. The van der Waals surface area contributed by atoms with Gasteiger partial charge in [-0.1, -0.05) is 6.42 Å². The van der Waals surface area contributed by atoms with E-state index in [2.05, 4.69) is 0 Å². The summed E-state index contributed by atoms with van der Waals surface area (Å²) in [5.41, 5.74) is 0.728. The Kier molecular flexibility index (Phi) is 6.05. The molecular weight excluding hydrogens is 242 g/mol. The van der Waals surface area contributed by atoms with Crippen molar-refractivity contribution >= 4 is 23.5 Å². The number of nitrogens with zero attached hydrogens (tertiary/aromatic N) is 1. The Bertz CT molecular complexity index is 315. The molecular formula is C12H18ClNO3. The predicted molar refractivity (Wildman–Crippen MR) is 65.6 cm³/mol. The molecule has 1 fully saturated rings. The lowest BCUT2D eigenvalue weighted by Gasteiger charge is -2.22. The van der Waals surface area contributed by atoms with Gasteiger partial charge in [0.15, 0.2) is 0 Å². The normalized spacial score (nSPS) is 18.9. The maximum absolute atomic E-state index is 11.7. The quantitative estimate of drug-likeness (QED) is 0.443. The average molecular weight is 260 g/mol. The molecule has 0 aromatic rings. The molecule has 1 saturated heterocycles. The van der Waals surface area contributed by atoms with Gasteiger partial charge in [-0.05, 0) is 26.2 Å². The van der Waals surface area contributed by atoms with Gasteiger partial charge in [-0.3, -0.25) is 4.79 Å². The van der Waals surface area contributed by atoms with E-state index in [1.807, 2.05) is 0 Å². The van der Waals surface area contributed by atoms with Crippen LogP contribution in [0.3, 0.4) is 0 Å². The molecule has 0 spiro atoms. The smallest absolute Gasteiger partial charge is 0.332 e. The van der Waals surface area contributed by atoms with Crippen molar-refractivity contribution in [2.45, 2.75) is 32.6 Å². The van der Waals surface area contributed by atoms with E-state index in [0.29, 0.717) is 13.2 Å².